The molecule has 7 rings (SSSR count). The first kappa shape index (κ1) is 62.6. The van der Waals surface area contributed by atoms with E-state index in [1.165, 1.54) is 18.2 Å². The van der Waals surface area contributed by atoms with Crippen molar-refractivity contribution in [3.63, 3.8) is 0 Å². The Morgan fingerprint density at radius 1 is 0.826 bits per heavy atom. The number of carbonyl (C=O) groups is 1. The fraction of sp³-hybridized carbons (Fsp3) is 0.489. The van der Waals surface area contributed by atoms with E-state index in [0.29, 0.717) is 66.8 Å². The predicted molar refractivity (Wildman–Crippen MR) is 255 cm³/mol. The van der Waals surface area contributed by atoms with Gasteiger partial charge >= 0.3 is 65.1 Å². The molecule has 372 valence electrons. The van der Waals surface area contributed by atoms with E-state index < -0.39 is 56.8 Å². The van der Waals surface area contributed by atoms with Crippen LogP contribution in [0, 0.1) is 0 Å². The number of carboxylic acids is 1. The summed E-state index contributed by atoms with van der Waals surface area (Å²) in [6, 6.07) is 11.9. The van der Waals surface area contributed by atoms with E-state index in [-0.39, 0.29) is 114 Å². The minimum absolute atomic E-state index is 0. The number of phenols is 1. The fourth-order valence-corrected chi connectivity index (χ4v) is 10.9. The maximum absolute atomic E-state index is 11.9. The van der Waals surface area contributed by atoms with Crippen LogP contribution in [0.5, 0.6) is 11.5 Å². The Kier molecular flexibility index (Phi) is 22.2. The van der Waals surface area contributed by atoms with Gasteiger partial charge in [0.05, 0.1) is 51.2 Å². The first-order valence-electron chi connectivity index (χ1n) is 21.1. The average molecular weight is 1060 g/mol. The molecule has 18 nitrogen and oxygen atoms in total. The van der Waals surface area contributed by atoms with Gasteiger partial charge in [0.15, 0.2) is 5.71 Å². The Bertz CT molecular complexity index is 3080. The molecular formula is C45H61N2Na2O16S4+. The molecule has 0 saturated carbocycles. The number of hydrogen-bond donors (Lipinski definition) is 3. The average Bonchev–Trinajstić information content (AvgIpc) is 3.55. The van der Waals surface area contributed by atoms with Crippen molar-refractivity contribution in [2.75, 3.05) is 31.3 Å². The molecular weight excluding hydrogens is 999 g/mol. The summed E-state index contributed by atoms with van der Waals surface area (Å²) in [6.07, 6.45) is 4.19. The largest absolute Gasteiger partial charge is 1.00 e. The van der Waals surface area contributed by atoms with Gasteiger partial charge in [-0.1, -0.05) is 27.3 Å². The fourth-order valence-electron chi connectivity index (χ4n) is 8.19. The molecule has 0 spiro atoms. The summed E-state index contributed by atoms with van der Waals surface area (Å²) in [5.74, 6) is -0.919. The molecule has 3 N–H and O–H groups in total. The van der Waals surface area contributed by atoms with E-state index in [1.54, 1.807) is 18.2 Å². The second-order valence-corrected chi connectivity index (χ2v) is 23.5. The molecule has 0 unspecified atom stereocenters. The van der Waals surface area contributed by atoms with Crippen LogP contribution in [-0.2, 0) is 60.3 Å². The van der Waals surface area contributed by atoms with Crippen LogP contribution < -0.4 is 63.9 Å². The molecule has 4 aromatic carbocycles. The van der Waals surface area contributed by atoms with Gasteiger partial charge in [-0.25, -0.2) is 16.8 Å². The van der Waals surface area contributed by atoms with Crippen LogP contribution in [-0.4, -0.2) is 111 Å². The van der Waals surface area contributed by atoms with E-state index in [1.807, 2.05) is 47.6 Å². The van der Waals surface area contributed by atoms with Crippen LogP contribution in [0.2, 0.25) is 0 Å². The summed E-state index contributed by atoms with van der Waals surface area (Å²) in [5.41, 5.74) is 4.51. The van der Waals surface area contributed by atoms with E-state index in [9.17, 15) is 52.7 Å². The number of fused-ring (bicyclic) bond motifs is 6. The Morgan fingerprint density at radius 3 is 1.96 bits per heavy atom. The molecule has 1 saturated heterocycles. The quantitative estimate of drug-likeness (QED) is 0.0532. The van der Waals surface area contributed by atoms with E-state index in [4.69, 9.17) is 14.4 Å². The van der Waals surface area contributed by atoms with Crippen LogP contribution in [0.4, 0.5) is 11.4 Å². The van der Waals surface area contributed by atoms with E-state index in [0.717, 1.165) is 52.8 Å². The molecule has 24 heteroatoms. The van der Waals surface area contributed by atoms with Crippen molar-refractivity contribution in [3.8, 4) is 11.5 Å². The second-order valence-electron chi connectivity index (χ2n) is 17.4. The number of nitrogens with zero attached hydrogens (tertiary/aromatic N) is 2. The maximum atomic E-state index is 11.9. The van der Waals surface area contributed by atoms with E-state index in [2.05, 4.69) is 13.8 Å². The van der Waals surface area contributed by atoms with Crippen molar-refractivity contribution >= 4 is 90.8 Å². The van der Waals surface area contributed by atoms with Crippen molar-refractivity contribution in [1.82, 2.24) is 0 Å². The molecule has 1 fully saturated rings. The van der Waals surface area contributed by atoms with E-state index >= 15 is 0 Å². The third kappa shape index (κ3) is 15.5. The van der Waals surface area contributed by atoms with Gasteiger partial charge in [-0.15, -0.1) is 0 Å². The van der Waals surface area contributed by atoms with Crippen molar-refractivity contribution in [1.29, 1.82) is 0 Å². The monoisotopic (exact) mass is 1060 g/mol. The number of rotatable bonds is 14. The summed E-state index contributed by atoms with van der Waals surface area (Å²) in [7, 11) is -16.5. The van der Waals surface area contributed by atoms with Gasteiger partial charge in [-0.05, 0) is 106 Å². The third-order valence-corrected chi connectivity index (χ3v) is 15.8. The van der Waals surface area contributed by atoms with Crippen LogP contribution in [0.15, 0.2) is 63.3 Å². The van der Waals surface area contributed by atoms with Gasteiger partial charge in [0, 0.05) is 54.7 Å². The molecule has 3 heterocycles. The standard InChI is InChI=1S/C25H33NO9S2.C15H15NO4S.C4H8O3S.CH4.2Na.H2/c1-17-25(2,3)24-20(26(17)12-6-8-14-36(29,30)31)11-10-18-15-19(37(32,33)34)16-21(23(18)24)35-13-7-4-5-9-22(27)28;1-8-15(2,3)14-11(16-8)5-4-9-6-10(21(18,19)20)7-12(17)13(9)14;5-8(6)4-2-1-3-7-8;;;;/h10-11,15-16H,4-9,12-14H2,1-3H3,(H2-,27,28,29,30,31,32,33,34);4-7,17H,1-3H3,(H,18,19,20);1-4H2;1H4;;;1H/q;;;;2*+1;/p-1/i;;;;;;1+1. The normalized spacial score (nSPS) is 16.5. The zero-order chi connectivity index (χ0) is 49.2. The van der Waals surface area contributed by atoms with Gasteiger partial charge < -0.3 is 24.1 Å². The molecule has 0 atom stereocenters. The summed E-state index contributed by atoms with van der Waals surface area (Å²) < 4.78 is 134. The number of aromatic hydroxyl groups is 1. The van der Waals surface area contributed by atoms with Crippen LogP contribution in [0.25, 0.3) is 21.5 Å². The molecule has 0 radical (unpaired) electrons. The van der Waals surface area contributed by atoms with Crippen molar-refractivity contribution in [2.24, 2.45) is 4.99 Å². The smallest absolute Gasteiger partial charge is 0.744 e. The third-order valence-electron chi connectivity index (χ3n) is 12.1. The minimum Gasteiger partial charge on any atom is -0.744 e. The minimum atomic E-state index is -4.74. The number of unbranched alkanes of at least 4 members (excludes halogenated alkanes) is 3. The van der Waals surface area contributed by atoms with Crippen LogP contribution >= 0.6 is 0 Å². The number of benzene rings is 4. The number of ether oxygens (including phenoxy) is 1. The molecule has 3 aliphatic heterocycles. The summed E-state index contributed by atoms with van der Waals surface area (Å²) >= 11 is 0. The molecule has 3 aliphatic rings. The first-order valence-corrected chi connectivity index (χ1v) is 27.1. The summed E-state index contributed by atoms with van der Waals surface area (Å²) in [6.45, 7) is 13.1. The molecule has 0 aliphatic carbocycles. The number of phenolic OH excluding ortho intramolecular Hbond substituents is 1. The Hall–Kier alpha value is -2.55. The molecule has 69 heavy (non-hydrogen) atoms. The topological polar surface area (TPSA) is 294 Å². The molecule has 0 aromatic heterocycles. The number of carboxylic acid groups (broad SMARTS) is 1. The van der Waals surface area contributed by atoms with Gasteiger partial charge in [0.2, 0.25) is 5.69 Å². The Labute approximate surface area is 451 Å². The Balaban J connectivity index is 0.000000623. The molecule has 0 amide bonds. The van der Waals surface area contributed by atoms with Gasteiger partial charge in [0.1, 0.15) is 38.3 Å². The van der Waals surface area contributed by atoms with Crippen molar-refractivity contribution in [3.05, 3.63) is 59.7 Å². The second kappa shape index (κ2) is 24.4. The number of aliphatic carboxylic acids is 1. The van der Waals surface area contributed by atoms with Gasteiger partial charge in [-0.2, -0.15) is 21.4 Å². The summed E-state index contributed by atoms with van der Waals surface area (Å²) in [5, 5.41) is 21.3. The molecule has 0 bridgehead atoms. The summed E-state index contributed by atoms with van der Waals surface area (Å²) in [4.78, 5) is 14.4. The number of aliphatic imine (C=N–C) groups is 1. The number of hydrogen-bond acceptors (Lipinski definition) is 15. The van der Waals surface area contributed by atoms with Crippen molar-refractivity contribution < 1.29 is 136 Å². The van der Waals surface area contributed by atoms with Crippen LogP contribution in [0.3, 0.4) is 0 Å². The maximum Gasteiger partial charge on any atom is 1.00 e. The first-order chi connectivity index (χ1) is 30.5. The predicted octanol–water partition coefficient (Wildman–Crippen LogP) is 1.68. The van der Waals surface area contributed by atoms with Crippen LogP contribution in [0.1, 0.15) is 113 Å². The SMILES string of the molecule is C.CC1=Nc2ccc3cc(S(=O)(=O)[O-])cc(O)c3c2C1(C)C.CC1=[N+](CCCCS(=O)(=O)O)c2ccc3cc(S(=O)(=O)[O-])cc(OCCCCCC(=O)O)c3c2C1(C)C.O=S1(=O)CCCCO1.[2HH].[Na+].[Na+]. The zero-order valence-electron chi connectivity index (χ0n) is 39.5. The molecule has 4 aromatic rings. The Morgan fingerprint density at radius 2 is 1.42 bits per heavy atom. The zero-order valence-corrected chi connectivity index (χ0v) is 46.8. The van der Waals surface area contributed by atoms with Gasteiger partial charge in [-0.3, -0.25) is 18.5 Å². The van der Waals surface area contributed by atoms with Gasteiger partial charge in [0.25, 0.3) is 20.2 Å². The van der Waals surface area contributed by atoms with Crippen molar-refractivity contribution in [2.45, 2.75) is 121 Å².